The lowest BCUT2D eigenvalue weighted by Gasteiger charge is -2.17. The number of ketones is 1. The van der Waals surface area contributed by atoms with Gasteiger partial charge in [0.1, 0.15) is 0 Å². The molecule has 0 fully saturated rings. The zero-order chi connectivity index (χ0) is 14.9. The maximum absolute atomic E-state index is 12.5. The molecule has 0 saturated carbocycles. The summed E-state index contributed by atoms with van der Waals surface area (Å²) < 4.78 is 1.68. The van der Waals surface area contributed by atoms with Gasteiger partial charge in [0.25, 0.3) is 5.56 Å². The third-order valence-electron chi connectivity index (χ3n) is 3.36. The first-order valence-electron chi connectivity index (χ1n) is 6.75. The number of rotatable bonds is 3. The molecule has 0 saturated heterocycles. The van der Waals surface area contributed by atoms with E-state index in [9.17, 15) is 9.59 Å². The van der Waals surface area contributed by atoms with E-state index in [-0.39, 0.29) is 22.9 Å². The van der Waals surface area contributed by atoms with Gasteiger partial charge in [-0.3, -0.25) is 9.59 Å². The number of aromatic nitrogens is 1. The maximum Gasteiger partial charge on any atom is 0.262 e. The van der Waals surface area contributed by atoms with Gasteiger partial charge in [-0.05, 0) is 45.4 Å². The highest BCUT2D eigenvalue weighted by Crippen LogP contribution is 2.22. The van der Waals surface area contributed by atoms with E-state index in [0.717, 1.165) is 11.3 Å². The Kier molecular flexibility index (Phi) is 3.89. The summed E-state index contributed by atoms with van der Waals surface area (Å²) in [5.74, 6) is -0.195. The SMILES string of the molecule is CC(=O)c1ccc(-c2ccc(C)cc2)n(C(C)C)c1=O. The fourth-order valence-corrected chi connectivity index (χ4v) is 2.29. The molecule has 3 nitrogen and oxygen atoms in total. The van der Waals surface area contributed by atoms with Crippen LogP contribution in [0.15, 0.2) is 41.2 Å². The highest BCUT2D eigenvalue weighted by Gasteiger charge is 2.15. The second-order valence-corrected chi connectivity index (χ2v) is 5.32. The van der Waals surface area contributed by atoms with Crippen molar-refractivity contribution in [2.24, 2.45) is 0 Å². The summed E-state index contributed by atoms with van der Waals surface area (Å²) >= 11 is 0. The monoisotopic (exact) mass is 269 g/mol. The van der Waals surface area contributed by atoms with Gasteiger partial charge in [0.2, 0.25) is 0 Å². The van der Waals surface area contributed by atoms with Crippen LogP contribution in [0.4, 0.5) is 0 Å². The Bertz CT molecular complexity index is 694. The number of hydrogen-bond acceptors (Lipinski definition) is 2. The van der Waals surface area contributed by atoms with Crippen LogP contribution in [-0.4, -0.2) is 10.4 Å². The van der Waals surface area contributed by atoms with E-state index < -0.39 is 0 Å². The van der Waals surface area contributed by atoms with Crippen molar-refractivity contribution in [3.05, 3.63) is 57.9 Å². The molecule has 0 aliphatic rings. The van der Waals surface area contributed by atoms with Crippen molar-refractivity contribution < 1.29 is 4.79 Å². The smallest absolute Gasteiger partial charge is 0.262 e. The van der Waals surface area contributed by atoms with Crippen LogP contribution in [0, 0.1) is 6.92 Å². The zero-order valence-corrected chi connectivity index (χ0v) is 12.3. The van der Waals surface area contributed by atoms with E-state index in [4.69, 9.17) is 0 Å². The molecule has 1 aromatic carbocycles. The van der Waals surface area contributed by atoms with E-state index in [2.05, 4.69) is 0 Å². The van der Waals surface area contributed by atoms with E-state index in [1.54, 1.807) is 10.6 Å². The van der Waals surface area contributed by atoms with E-state index >= 15 is 0 Å². The van der Waals surface area contributed by atoms with Gasteiger partial charge in [-0.1, -0.05) is 29.8 Å². The molecule has 2 aromatic rings. The predicted octanol–water partition coefficient (Wildman–Crippen LogP) is 3.61. The van der Waals surface area contributed by atoms with Gasteiger partial charge in [-0.15, -0.1) is 0 Å². The second-order valence-electron chi connectivity index (χ2n) is 5.32. The molecule has 0 spiro atoms. The Morgan fingerprint density at radius 1 is 1.05 bits per heavy atom. The highest BCUT2D eigenvalue weighted by molar-refractivity contribution is 5.94. The average Bonchev–Trinajstić information content (AvgIpc) is 2.38. The molecule has 0 atom stereocenters. The average molecular weight is 269 g/mol. The van der Waals surface area contributed by atoms with Crippen LogP contribution in [0.1, 0.15) is 42.7 Å². The summed E-state index contributed by atoms with van der Waals surface area (Å²) in [6.45, 7) is 7.34. The summed E-state index contributed by atoms with van der Waals surface area (Å²) in [6, 6.07) is 11.5. The number of carbonyl (C=O) groups excluding carboxylic acids is 1. The van der Waals surface area contributed by atoms with Gasteiger partial charge in [-0.2, -0.15) is 0 Å². The van der Waals surface area contributed by atoms with Crippen molar-refractivity contribution in [3.8, 4) is 11.3 Å². The van der Waals surface area contributed by atoms with Crippen molar-refractivity contribution in [1.82, 2.24) is 4.57 Å². The van der Waals surface area contributed by atoms with Crippen LogP contribution in [0.5, 0.6) is 0 Å². The summed E-state index contributed by atoms with van der Waals surface area (Å²) in [5, 5.41) is 0. The van der Waals surface area contributed by atoms with Gasteiger partial charge < -0.3 is 4.57 Å². The fourth-order valence-electron chi connectivity index (χ4n) is 2.29. The molecule has 104 valence electrons. The van der Waals surface area contributed by atoms with Crippen molar-refractivity contribution in [3.63, 3.8) is 0 Å². The number of benzene rings is 1. The molecule has 20 heavy (non-hydrogen) atoms. The fraction of sp³-hybridized carbons (Fsp3) is 0.294. The number of aryl methyl sites for hydroxylation is 1. The molecule has 3 heteroatoms. The first kappa shape index (κ1) is 14.3. The molecule has 2 rings (SSSR count). The van der Waals surface area contributed by atoms with Crippen LogP contribution < -0.4 is 5.56 Å². The number of pyridine rings is 1. The Labute approximate surface area is 118 Å². The molecule has 0 aliphatic carbocycles. The summed E-state index contributed by atoms with van der Waals surface area (Å²) in [7, 11) is 0. The van der Waals surface area contributed by atoms with E-state index in [1.165, 1.54) is 12.5 Å². The number of Topliss-reactive ketones (excluding diaryl/α,β-unsaturated/α-hetero) is 1. The largest absolute Gasteiger partial charge is 0.305 e. The molecule has 1 aromatic heterocycles. The van der Waals surface area contributed by atoms with E-state index in [1.807, 2.05) is 51.1 Å². The number of carbonyl (C=O) groups is 1. The summed E-state index contributed by atoms with van der Waals surface area (Å²) in [5.41, 5.74) is 3.03. The third kappa shape index (κ3) is 2.57. The van der Waals surface area contributed by atoms with Crippen molar-refractivity contribution in [1.29, 1.82) is 0 Å². The molecule has 1 heterocycles. The lowest BCUT2D eigenvalue weighted by atomic mass is 10.1. The lowest BCUT2D eigenvalue weighted by molar-refractivity contribution is 0.101. The molecule has 0 radical (unpaired) electrons. The topological polar surface area (TPSA) is 39.1 Å². The molecular weight excluding hydrogens is 250 g/mol. The third-order valence-corrected chi connectivity index (χ3v) is 3.36. The quantitative estimate of drug-likeness (QED) is 0.798. The molecular formula is C17H19NO2. The minimum atomic E-state index is -0.217. The van der Waals surface area contributed by atoms with Crippen molar-refractivity contribution in [2.45, 2.75) is 33.7 Å². The van der Waals surface area contributed by atoms with Gasteiger partial charge >= 0.3 is 0 Å². The van der Waals surface area contributed by atoms with Crippen molar-refractivity contribution in [2.75, 3.05) is 0 Å². The lowest BCUT2D eigenvalue weighted by Crippen LogP contribution is -2.28. The van der Waals surface area contributed by atoms with Crippen LogP contribution in [-0.2, 0) is 0 Å². The van der Waals surface area contributed by atoms with Crippen LogP contribution in [0.3, 0.4) is 0 Å². The predicted molar refractivity (Wildman–Crippen MR) is 81.3 cm³/mol. The summed E-state index contributed by atoms with van der Waals surface area (Å²) in [4.78, 5) is 24.0. The van der Waals surface area contributed by atoms with Crippen LogP contribution in [0.25, 0.3) is 11.3 Å². The molecule has 0 unspecified atom stereocenters. The minimum Gasteiger partial charge on any atom is -0.305 e. The van der Waals surface area contributed by atoms with Gasteiger partial charge in [0.15, 0.2) is 5.78 Å². The first-order chi connectivity index (χ1) is 9.41. The normalized spacial score (nSPS) is 10.8. The van der Waals surface area contributed by atoms with Gasteiger partial charge in [0.05, 0.1) is 11.3 Å². The molecule has 0 bridgehead atoms. The molecule has 0 N–H and O–H groups in total. The summed E-state index contributed by atoms with van der Waals surface area (Å²) in [6.07, 6.45) is 0. The Hall–Kier alpha value is -2.16. The zero-order valence-electron chi connectivity index (χ0n) is 12.3. The van der Waals surface area contributed by atoms with Crippen LogP contribution in [0.2, 0.25) is 0 Å². The molecule has 0 amide bonds. The first-order valence-corrected chi connectivity index (χ1v) is 6.75. The van der Waals surface area contributed by atoms with E-state index in [0.29, 0.717) is 0 Å². The highest BCUT2D eigenvalue weighted by atomic mass is 16.1. The van der Waals surface area contributed by atoms with Crippen LogP contribution >= 0.6 is 0 Å². The standard InChI is InChI=1S/C17H19NO2/c1-11(2)18-16(14-7-5-12(3)6-8-14)10-9-15(13(4)19)17(18)20/h5-11H,1-4H3. The van der Waals surface area contributed by atoms with Gasteiger partial charge in [-0.25, -0.2) is 0 Å². The van der Waals surface area contributed by atoms with Crippen molar-refractivity contribution >= 4 is 5.78 Å². The number of nitrogens with zero attached hydrogens (tertiary/aromatic N) is 1. The Morgan fingerprint density at radius 2 is 1.65 bits per heavy atom. The van der Waals surface area contributed by atoms with Gasteiger partial charge in [0, 0.05) is 6.04 Å². The Balaban J connectivity index is 2.71. The second kappa shape index (κ2) is 5.45. The molecule has 0 aliphatic heterocycles. The number of hydrogen-bond donors (Lipinski definition) is 0. The Morgan fingerprint density at radius 3 is 2.15 bits per heavy atom. The maximum atomic E-state index is 12.5. The minimum absolute atomic E-state index is 0.00176.